The van der Waals surface area contributed by atoms with Gasteiger partial charge in [0.15, 0.2) is 5.60 Å². The van der Waals surface area contributed by atoms with Crippen molar-refractivity contribution in [3.05, 3.63) is 65.5 Å². The number of benzene rings is 2. The molecule has 1 aromatic heterocycles. The van der Waals surface area contributed by atoms with Crippen LogP contribution in [-0.4, -0.2) is 38.3 Å². The number of thioether (sulfide) groups is 1. The van der Waals surface area contributed by atoms with E-state index in [1.54, 1.807) is 32.9 Å². The van der Waals surface area contributed by atoms with Crippen molar-refractivity contribution < 1.29 is 32.5 Å². The van der Waals surface area contributed by atoms with Crippen molar-refractivity contribution in [3.63, 3.8) is 0 Å². The maximum absolute atomic E-state index is 12.8. The Kier molecular flexibility index (Phi) is 7.88. The van der Waals surface area contributed by atoms with E-state index in [1.165, 1.54) is 28.7 Å². The van der Waals surface area contributed by atoms with E-state index in [-0.39, 0.29) is 13.2 Å². The zero-order valence-corrected chi connectivity index (χ0v) is 19.6. The molecule has 2 aromatic carbocycles. The molecule has 0 aliphatic carbocycles. The first-order chi connectivity index (χ1) is 16.0. The molecule has 0 aliphatic heterocycles. The van der Waals surface area contributed by atoms with Crippen LogP contribution in [0.15, 0.2) is 53.4 Å². The smallest absolute Gasteiger partial charge is 0.416 e. The van der Waals surface area contributed by atoms with Crippen molar-refractivity contribution in [1.29, 1.82) is 0 Å². The number of aliphatic hydroxyl groups is 1. The highest BCUT2D eigenvalue weighted by Crippen LogP contribution is 2.30. The number of rotatable bonds is 9. The normalized spacial score (nSPS) is 12.0. The summed E-state index contributed by atoms with van der Waals surface area (Å²) < 4.78 is 49.1. The molecule has 0 spiro atoms. The molecule has 7 nitrogen and oxygen atoms in total. The quantitative estimate of drug-likeness (QED) is 0.337. The molecule has 0 atom stereocenters. The van der Waals surface area contributed by atoms with Crippen molar-refractivity contribution in [3.8, 4) is 11.4 Å². The van der Waals surface area contributed by atoms with Gasteiger partial charge in [-0.2, -0.15) is 28.2 Å². The molecule has 3 rings (SSSR count). The summed E-state index contributed by atoms with van der Waals surface area (Å²) in [7, 11) is 0. The van der Waals surface area contributed by atoms with Crippen LogP contribution in [0.5, 0.6) is 5.75 Å². The Hall–Kier alpha value is -3.05. The van der Waals surface area contributed by atoms with Crippen LogP contribution >= 0.6 is 11.8 Å². The minimum absolute atomic E-state index is 0.264. The largest absolute Gasteiger partial charge is 0.476 e. The molecule has 0 aliphatic rings. The van der Waals surface area contributed by atoms with Crippen LogP contribution in [0.4, 0.5) is 13.2 Å². The van der Waals surface area contributed by atoms with Gasteiger partial charge in [0, 0.05) is 10.6 Å². The van der Waals surface area contributed by atoms with Crippen LogP contribution in [0.2, 0.25) is 0 Å². The number of hydrogen-bond donors (Lipinski definition) is 1. The van der Waals surface area contributed by atoms with Crippen LogP contribution in [0.3, 0.4) is 0 Å². The first kappa shape index (κ1) is 25.6. The second kappa shape index (κ2) is 10.5. The van der Waals surface area contributed by atoms with Gasteiger partial charge in [0.25, 0.3) is 0 Å². The number of ether oxygens (including phenoxy) is 2. The van der Waals surface area contributed by atoms with Gasteiger partial charge in [0.1, 0.15) is 11.4 Å². The zero-order chi connectivity index (χ0) is 24.9. The molecule has 0 radical (unpaired) electrons. The molecule has 34 heavy (non-hydrogen) atoms. The highest BCUT2D eigenvalue weighted by Gasteiger charge is 2.32. The van der Waals surface area contributed by atoms with Crippen LogP contribution < -0.4 is 4.74 Å². The van der Waals surface area contributed by atoms with E-state index in [0.29, 0.717) is 28.6 Å². The molecule has 0 saturated heterocycles. The maximum atomic E-state index is 12.8. The monoisotopic (exact) mass is 495 g/mol. The van der Waals surface area contributed by atoms with Gasteiger partial charge in [-0.05, 0) is 69.3 Å². The Morgan fingerprint density at radius 1 is 1.03 bits per heavy atom. The third-order valence-electron chi connectivity index (χ3n) is 4.68. The molecule has 0 fully saturated rings. The highest BCUT2D eigenvalue weighted by molar-refractivity contribution is 7.98. The van der Waals surface area contributed by atoms with E-state index in [0.717, 1.165) is 17.0 Å². The minimum atomic E-state index is -4.43. The van der Waals surface area contributed by atoms with Crippen molar-refractivity contribution in [1.82, 2.24) is 15.0 Å². The molecule has 0 bridgehead atoms. The third kappa shape index (κ3) is 6.29. The molecule has 0 unspecified atom stereocenters. The molecule has 3 aromatic rings. The lowest BCUT2D eigenvalue weighted by Gasteiger charge is -2.24. The average Bonchev–Trinajstić information content (AvgIpc) is 3.21. The van der Waals surface area contributed by atoms with Gasteiger partial charge in [-0.3, -0.25) is 0 Å². The number of carbonyl (C=O) groups is 1. The average molecular weight is 496 g/mol. The second-order valence-corrected chi connectivity index (χ2v) is 8.73. The molecule has 0 saturated carbocycles. The van der Waals surface area contributed by atoms with Gasteiger partial charge in [-0.25, -0.2) is 4.79 Å². The van der Waals surface area contributed by atoms with Gasteiger partial charge in [-0.15, -0.1) is 11.8 Å². The van der Waals surface area contributed by atoms with Crippen molar-refractivity contribution in [2.24, 2.45) is 0 Å². The van der Waals surface area contributed by atoms with E-state index in [4.69, 9.17) is 9.47 Å². The summed E-state index contributed by atoms with van der Waals surface area (Å²) in [6, 6.07) is 11.6. The number of halogens is 3. The Bertz CT molecular complexity index is 1110. The molecule has 182 valence electrons. The fourth-order valence-electron chi connectivity index (χ4n) is 2.90. The third-order valence-corrected chi connectivity index (χ3v) is 5.70. The summed E-state index contributed by atoms with van der Waals surface area (Å²) in [5, 5.41) is 18.1. The van der Waals surface area contributed by atoms with Crippen LogP contribution in [0.1, 0.15) is 37.7 Å². The number of esters is 1. The van der Waals surface area contributed by atoms with E-state index >= 15 is 0 Å². The van der Waals surface area contributed by atoms with Gasteiger partial charge in [0.05, 0.1) is 30.2 Å². The Morgan fingerprint density at radius 2 is 1.65 bits per heavy atom. The van der Waals surface area contributed by atoms with Crippen molar-refractivity contribution in [2.75, 3.05) is 6.61 Å². The summed E-state index contributed by atoms with van der Waals surface area (Å²) in [5.74, 6) is 0.429. The van der Waals surface area contributed by atoms with E-state index in [2.05, 4.69) is 10.2 Å². The van der Waals surface area contributed by atoms with Gasteiger partial charge < -0.3 is 14.6 Å². The molecule has 0 amide bonds. The summed E-state index contributed by atoms with van der Waals surface area (Å²) >= 11 is 1.44. The first-order valence-corrected chi connectivity index (χ1v) is 11.3. The van der Waals surface area contributed by atoms with Gasteiger partial charge >= 0.3 is 12.1 Å². The zero-order valence-electron chi connectivity index (χ0n) is 18.8. The number of nitrogens with zero attached hydrogens (tertiary/aromatic N) is 3. The number of aliphatic hydroxyl groups excluding tert-OH is 1. The Morgan fingerprint density at radius 3 is 2.21 bits per heavy atom. The number of carbonyl (C=O) groups excluding carboxylic acids is 1. The predicted octanol–water partition coefficient (Wildman–Crippen LogP) is 4.79. The summed E-state index contributed by atoms with van der Waals surface area (Å²) in [5.41, 5.74) is -0.693. The van der Waals surface area contributed by atoms with E-state index in [9.17, 15) is 23.1 Å². The lowest BCUT2D eigenvalue weighted by Crippen LogP contribution is -2.39. The van der Waals surface area contributed by atoms with Crippen molar-refractivity contribution in [2.45, 2.75) is 49.8 Å². The fourth-order valence-corrected chi connectivity index (χ4v) is 3.75. The molecule has 11 heteroatoms. The standard InChI is InChI=1S/C23H24F3N3O4S/c1-4-32-21(31)22(2,3)33-17-9-11-18(12-10-17)34-14-20-19(13-30)27-29(28-20)16-7-5-15(6-8-16)23(24,25)26/h5-12,30H,4,13-14H2,1-3H3. The summed E-state index contributed by atoms with van der Waals surface area (Å²) in [6.45, 7) is 4.89. The Labute approximate surface area is 198 Å². The number of aromatic nitrogens is 3. The van der Waals surface area contributed by atoms with Gasteiger partial charge in [0.2, 0.25) is 0 Å². The summed E-state index contributed by atoms with van der Waals surface area (Å²) in [6.07, 6.45) is -4.43. The molecule has 1 heterocycles. The molecular weight excluding hydrogens is 471 g/mol. The minimum Gasteiger partial charge on any atom is -0.476 e. The second-order valence-electron chi connectivity index (χ2n) is 7.68. The number of alkyl halides is 3. The van der Waals surface area contributed by atoms with E-state index in [1.807, 2.05) is 12.1 Å². The van der Waals surface area contributed by atoms with Gasteiger partial charge in [-0.1, -0.05) is 0 Å². The van der Waals surface area contributed by atoms with Crippen LogP contribution in [0.25, 0.3) is 5.69 Å². The Balaban J connectivity index is 1.66. The maximum Gasteiger partial charge on any atom is 0.416 e. The molecule has 1 N–H and O–H groups in total. The van der Waals surface area contributed by atoms with E-state index < -0.39 is 23.3 Å². The first-order valence-electron chi connectivity index (χ1n) is 10.4. The lowest BCUT2D eigenvalue weighted by molar-refractivity contribution is -0.158. The van der Waals surface area contributed by atoms with Crippen LogP contribution in [0, 0.1) is 0 Å². The molecular formula is C23H24F3N3O4S. The SMILES string of the molecule is CCOC(=O)C(C)(C)Oc1ccc(SCc2nn(-c3ccc(C(F)(F)F)cc3)nc2CO)cc1. The number of hydrogen-bond acceptors (Lipinski definition) is 7. The lowest BCUT2D eigenvalue weighted by atomic mass is 10.1. The van der Waals surface area contributed by atoms with Crippen LogP contribution in [-0.2, 0) is 28.1 Å². The predicted molar refractivity (Wildman–Crippen MR) is 120 cm³/mol. The topological polar surface area (TPSA) is 86.5 Å². The summed E-state index contributed by atoms with van der Waals surface area (Å²) in [4.78, 5) is 14.1. The highest BCUT2D eigenvalue weighted by atomic mass is 32.2. The fraction of sp³-hybridized carbons (Fsp3) is 0.348. The van der Waals surface area contributed by atoms with Crippen molar-refractivity contribution >= 4 is 17.7 Å².